The number of rotatable bonds is 0. The third-order valence-electron chi connectivity index (χ3n) is 1.12. The Morgan fingerprint density at radius 2 is 0.643 bits per heavy atom. The SMILES string of the molecule is N#[C][Co]([C]#N)([C]#N)([C]#N)([C]#N)[C]#N.[K]. The van der Waals surface area contributed by atoms with Crippen LogP contribution in [0, 0.1) is 61.6 Å². The first-order valence-electron chi connectivity index (χ1n) is 2.34. The zero-order chi connectivity index (χ0) is 10.7. The van der Waals surface area contributed by atoms with E-state index >= 15 is 0 Å². The van der Waals surface area contributed by atoms with Crippen molar-refractivity contribution in [2.75, 3.05) is 0 Å². The monoisotopic (exact) mass is 254 g/mol. The number of hydrogen-bond donors (Lipinski definition) is 0. The van der Waals surface area contributed by atoms with E-state index in [0.717, 1.165) is 30.0 Å². The van der Waals surface area contributed by atoms with E-state index in [1.807, 2.05) is 0 Å². The molecule has 0 aromatic heterocycles. The van der Waals surface area contributed by atoms with Crippen LogP contribution in [0.25, 0.3) is 0 Å². The van der Waals surface area contributed by atoms with E-state index in [9.17, 15) is 0 Å². The Morgan fingerprint density at radius 3 is 0.643 bits per heavy atom. The molecule has 0 heterocycles. The third-order valence-corrected chi connectivity index (χ3v) is 4.61. The Balaban J connectivity index is 0. The molecule has 0 unspecified atom stereocenters. The van der Waals surface area contributed by atoms with Crippen molar-refractivity contribution in [1.82, 2.24) is 0 Å². The van der Waals surface area contributed by atoms with Crippen molar-refractivity contribution >= 4 is 51.4 Å². The zero-order valence-corrected chi connectivity index (χ0v) is 11.2. The summed E-state index contributed by atoms with van der Waals surface area (Å²) in [4.78, 5) is 0. The molecule has 6 nitrogen and oxygen atoms in total. The van der Waals surface area contributed by atoms with Gasteiger partial charge in [0.25, 0.3) is 0 Å². The normalized spacial score (nSPS) is 12.4. The Labute approximate surface area is 122 Å². The zero-order valence-electron chi connectivity index (χ0n) is 7.02. The first kappa shape index (κ1) is 15.6. The molecule has 0 saturated heterocycles. The molecule has 1 radical (unpaired) electrons. The summed E-state index contributed by atoms with van der Waals surface area (Å²) in [6, 6.07) is 0. The largest absolute Gasteiger partial charge is 0 e. The van der Waals surface area contributed by atoms with Crippen molar-refractivity contribution in [3.05, 3.63) is 0 Å². The van der Waals surface area contributed by atoms with E-state index < -0.39 is 10.5 Å². The van der Waals surface area contributed by atoms with E-state index in [1.54, 1.807) is 0 Å². The molecule has 0 atom stereocenters. The fourth-order valence-corrected chi connectivity index (χ4v) is 1.03. The molecule has 0 rings (SSSR count). The van der Waals surface area contributed by atoms with E-state index in [-0.39, 0.29) is 51.4 Å². The molecule has 14 heavy (non-hydrogen) atoms. The smallest absolute Gasteiger partial charge is 0 e. The molecule has 0 fully saturated rings. The van der Waals surface area contributed by atoms with E-state index in [0.29, 0.717) is 0 Å². The molecule has 0 aliphatic rings. The fraction of sp³-hybridized carbons (Fsp3) is 0. The van der Waals surface area contributed by atoms with Gasteiger partial charge in [-0.3, -0.25) is 0 Å². The molecule has 0 aliphatic heterocycles. The van der Waals surface area contributed by atoms with Gasteiger partial charge in [-0.25, -0.2) is 0 Å². The molecule has 0 aromatic rings. The van der Waals surface area contributed by atoms with Crippen LogP contribution < -0.4 is 0 Å². The van der Waals surface area contributed by atoms with E-state index in [4.69, 9.17) is 31.6 Å². The van der Waals surface area contributed by atoms with E-state index in [2.05, 4.69) is 0 Å². The fourth-order valence-electron chi connectivity index (χ4n) is 0.250. The average Bonchev–Trinajstić information content (AvgIpc) is 2.26. The predicted octanol–water partition coefficient (Wildman–Crippen LogP) is -0.283. The van der Waals surface area contributed by atoms with Crippen LogP contribution in [0.15, 0.2) is 0 Å². The summed E-state index contributed by atoms with van der Waals surface area (Å²) in [6.45, 7) is 0. The van der Waals surface area contributed by atoms with Gasteiger partial charge in [-0.1, -0.05) is 0 Å². The molecular weight excluding hydrogens is 254 g/mol. The van der Waals surface area contributed by atoms with Crippen LogP contribution in [0.5, 0.6) is 0 Å². The maximum absolute atomic E-state index is 8.58. The minimum Gasteiger partial charge on any atom is 0 e. The van der Waals surface area contributed by atoms with Gasteiger partial charge in [0.1, 0.15) is 0 Å². The molecule has 0 bridgehead atoms. The summed E-state index contributed by atoms with van der Waals surface area (Å²) in [7, 11) is -6.03. The van der Waals surface area contributed by atoms with Gasteiger partial charge in [0.2, 0.25) is 0 Å². The van der Waals surface area contributed by atoms with Crippen molar-refractivity contribution in [3.63, 3.8) is 0 Å². The van der Waals surface area contributed by atoms with Crippen molar-refractivity contribution in [1.29, 1.82) is 31.6 Å². The van der Waals surface area contributed by atoms with Gasteiger partial charge >= 0.3 is 72.1 Å². The van der Waals surface area contributed by atoms with Crippen LogP contribution in [0.1, 0.15) is 0 Å². The van der Waals surface area contributed by atoms with Crippen molar-refractivity contribution in [2.45, 2.75) is 0 Å². The standard InChI is InChI=1S/6CN.Co.K/c6*1-2;;. The molecule has 64 valence electrons. The van der Waals surface area contributed by atoms with Gasteiger partial charge < -0.3 is 0 Å². The molecule has 0 spiro atoms. The first-order chi connectivity index (χ1) is 5.97. The Kier molecular flexibility index (Phi) is 4.09. The number of nitriles is 6. The summed E-state index contributed by atoms with van der Waals surface area (Å²) < 4.78 is 0. The van der Waals surface area contributed by atoms with Gasteiger partial charge in [0, 0.05) is 51.4 Å². The molecular formula is C6CoKN6. The van der Waals surface area contributed by atoms with Gasteiger partial charge in [-0.05, 0) is 0 Å². The third kappa shape index (κ3) is 1.33. The summed E-state index contributed by atoms with van der Waals surface area (Å²) in [5.41, 5.74) is 0. The molecule has 0 aliphatic carbocycles. The van der Waals surface area contributed by atoms with E-state index in [1.165, 1.54) is 0 Å². The molecule has 0 saturated carbocycles. The van der Waals surface area contributed by atoms with Gasteiger partial charge in [-0.15, -0.1) is 0 Å². The minimum atomic E-state index is -6.03. The Morgan fingerprint density at radius 1 is 0.500 bits per heavy atom. The minimum absolute atomic E-state index is 0. The summed E-state index contributed by atoms with van der Waals surface area (Å²) >= 11 is 0. The van der Waals surface area contributed by atoms with Crippen molar-refractivity contribution < 1.29 is 10.5 Å². The predicted molar refractivity (Wildman–Crippen MR) is 39.4 cm³/mol. The number of nitrogens with zero attached hydrogens (tertiary/aromatic N) is 6. The van der Waals surface area contributed by atoms with Gasteiger partial charge in [0.15, 0.2) is 0 Å². The van der Waals surface area contributed by atoms with Crippen LogP contribution in [0.2, 0.25) is 0 Å². The number of hydrogen-bond acceptors (Lipinski definition) is 6. The van der Waals surface area contributed by atoms with Crippen LogP contribution in [0.3, 0.4) is 0 Å². The molecule has 0 amide bonds. The maximum atomic E-state index is 8.58. The Bertz CT molecular complexity index is 392. The summed E-state index contributed by atoms with van der Waals surface area (Å²) in [5.74, 6) is 0. The van der Waals surface area contributed by atoms with Crippen molar-refractivity contribution in [2.24, 2.45) is 0 Å². The second-order valence-corrected chi connectivity index (χ2v) is 7.00. The topological polar surface area (TPSA) is 143 Å². The Hall–Kier alpha value is -0.917. The summed E-state index contributed by atoms with van der Waals surface area (Å²) in [6.07, 6.45) is 0. The van der Waals surface area contributed by atoms with Crippen LogP contribution in [-0.4, -0.2) is 51.4 Å². The quantitative estimate of drug-likeness (QED) is 0.543. The van der Waals surface area contributed by atoms with Crippen LogP contribution in [-0.2, 0) is 10.5 Å². The summed E-state index contributed by atoms with van der Waals surface area (Å²) in [5, 5.41) is 57.6. The maximum Gasteiger partial charge on any atom is 0 e. The molecule has 8 heteroatoms. The second-order valence-electron chi connectivity index (χ2n) is 1.70. The second kappa shape index (κ2) is 3.68. The van der Waals surface area contributed by atoms with Gasteiger partial charge in [0.05, 0.1) is 0 Å². The molecule has 0 N–H and O–H groups in total. The average molecular weight is 254 g/mol. The molecule has 0 aromatic carbocycles. The van der Waals surface area contributed by atoms with Gasteiger partial charge in [-0.2, -0.15) is 0 Å². The first-order valence-corrected chi connectivity index (χ1v) is 5.46. The van der Waals surface area contributed by atoms with Crippen molar-refractivity contribution in [3.8, 4) is 30.0 Å². The van der Waals surface area contributed by atoms with Crippen LogP contribution in [0.4, 0.5) is 0 Å². The van der Waals surface area contributed by atoms with Crippen LogP contribution >= 0.6 is 0 Å².